The number of amides is 1. The van der Waals surface area contributed by atoms with Crippen molar-refractivity contribution in [1.29, 1.82) is 0 Å². The molecule has 0 radical (unpaired) electrons. The number of carbonyl (C=O) groups is 1. The van der Waals surface area contributed by atoms with Gasteiger partial charge in [0.05, 0.1) is 0 Å². The Balaban J connectivity index is 2.25. The number of hydrogen-bond acceptors (Lipinski definition) is 3. The van der Waals surface area contributed by atoms with Crippen LogP contribution in [0.3, 0.4) is 0 Å². The van der Waals surface area contributed by atoms with E-state index in [9.17, 15) is 4.79 Å². The van der Waals surface area contributed by atoms with Crippen molar-refractivity contribution in [3.63, 3.8) is 0 Å². The fourth-order valence-electron chi connectivity index (χ4n) is 1.28. The molecule has 1 amide bonds. The van der Waals surface area contributed by atoms with Crippen molar-refractivity contribution in [2.75, 3.05) is 6.54 Å². The molecule has 3 N–H and O–H groups in total. The summed E-state index contributed by atoms with van der Waals surface area (Å²) in [5.74, 6) is -0.346. The zero-order valence-corrected chi connectivity index (χ0v) is 10.0. The summed E-state index contributed by atoms with van der Waals surface area (Å²) >= 11 is 1.76. The molecule has 1 aromatic heterocycles. The van der Waals surface area contributed by atoms with Crippen LogP contribution in [0.25, 0.3) is 0 Å². The second-order valence-corrected chi connectivity index (χ2v) is 4.93. The van der Waals surface area contributed by atoms with Crippen LogP contribution in [0.4, 0.5) is 0 Å². The highest BCUT2D eigenvalue weighted by atomic mass is 32.1. The SMILES string of the molecule is CC(Cc1cccs1)NCC(C)C(N)=O. The number of nitrogens with two attached hydrogens (primary N) is 1. The zero-order chi connectivity index (χ0) is 11.3. The van der Waals surface area contributed by atoms with Crippen LogP contribution in [0.5, 0.6) is 0 Å². The van der Waals surface area contributed by atoms with E-state index in [1.807, 2.05) is 6.92 Å². The van der Waals surface area contributed by atoms with Crippen molar-refractivity contribution in [1.82, 2.24) is 5.32 Å². The third kappa shape index (κ3) is 4.44. The second-order valence-electron chi connectivity index (χ2n) is 3.90. The van der Waals surface area contributed by atoms with Crippen molar-refractivity contribution in [3.8, 4) is 0 Å². The van der Waals surface area contributed by atoms with Crippen LogP contribution < -0.4 is 11.1 Å². The predicted octanol–water partition coefficient (Wildman–Crippen LogP) is 1.39. The van der Waals surface area contributed by atoms with Gasteiger partial charge in [0.25, 0.3) is 0 Å². The molecule has 4 heteroatoms. The number of carbonyl (C=O) groups excluding carboxylic acids is 1. The second kappa shape index (κ2) is 5.88. The van der Waals surface area contributed by atoms with E-state index in [2.05, 4.69) is 29.8 Å². The summed E-state index contributed by atoms with van der Waals surface area (Å²) in [5, 5.41) is 5.39. The molecular weight excluding hydrogens is 208 g/mol. The van der Waals surface area contributed by atoms with E-state index < -0.39 is 0 Å². The average molecular weight is 226 g/mol. The van der Waals surface area contributed by atoms with E-state index in [1.54, 1.807) is 11.3 Å². The molecule has 0 spiro atoms. The van der Waals surface area contributed by atoms with Crippen LogP contribution in [0, 0.1) is 5.92 Å². The number of thiophene rings is 1. The highest BCUT2D eigenvalue weighted by Crippen LogP contribution is 2.10. The van der Waals surface area contributed by atoms with Gasteiger partial charge in [-0.2, -0.15) is 0 Å². The van der Waals surface area contributed by atoms with Crippen molar-refractivity contribution < 1.29 is 4.79 Å². The van der Waals surface area contributed by atoms with Crippen molar-refractivity contribution in [3.05, 3.63) is 22.4 Å². The van der Waals surface area contributed by atoms with Gasteiger partial charge in [-0.3, -0.25) is 4.79 Å². The van der Waals surface area contributed by atoms with Gasteiger partial charge in [0, 0.05) is 23.4 Å². The van der Waals surface area contributed by atoms with E-state index in [-0.39, 0.29) is 11.8 Å². The minimum Gasteiger partial charge on any atom is -0.369 e. The molecule has 0 saturated heterocycles. The number of nitrogens with one attached hydrogen (secondary N) is 1. The molecular formula is C11H18N2OS. The van der Waals surface area contributed by atoms with E-state index in [0.29, 0.717) is 12.6 Å². The molecule has 2 unspecified atom stereocenters. The molecule has 0 bridgehead atoms. The topological polar surface area (TPSA) is 55.1 Å². The van der Waals surface area contributed by atoms with Crippen molar-refractivity contribution in [2.45, 2.75) is 26.3 Å². The largest absolute Gasteiger partial charge is 0.369 e. The maximum absolute atomic E-state index is 10.8. The lowest BCUT2D eigenvalue weighted by Crippen LogP contribution is -2.36. The first-order valence-corrected chi connectivity index (χ1v) is 6.02. The maximum Gasteiger partial charge on any atom is 0.221 e. The first kappa shape index (κ1) is 12.2. The molecule has 1 heterocycles. The predicted molar refractivity (Wildman–Crippen MR) is 63.8 cm³/mol. The van der Waals surface area contributed by atoms with Gasteiger partial charge in [-0.05, 0) is 24.8 Å². The fraction of sp³-hybridized carbons (Fsp3) is 0.545. The minimum atomic E-state index is -0.245. The van der Waals surface area contributed by atoms with Crippen molar-refractivity contribution in [2.24, 2.45) is 11.7 Å². The lowest BCUT2D eigenvalue weighted by atomic mass is 10.1. The lowest BCUT2D eigenvalue weighted by Gasteiger charge is -2.15. The van der Waals surface area contributed by atoms with Gasteiger partial charge in [0.15, 0.2) is 0 Å². The Labute approximate surface area is 94.7 Å². The highest BCUT2D eigenvalue weighted by Gasteiger charge is 2.10. The van der Waals surface area contributed by atoms with Gasteiger partial charge in [0.1, 0.15) is 0 Å². The Morgan fingerprint density at radius 2 is 2.33 bits per heavy atom. The Morgan fingerprint density at radius 3 is 2.87 bits per heavy atom. The summed E-state index contributed by atoms with van der Waals surface area (Å²) in [6.07, 6.45) is 1.00. The third-order valence-electron chi connectivity index (χ3n) is 2.35. The third-order valence-corrected chi connectivity index (χ3v) is 3.24. The molecule has 0 saturated carbocycles. The highest BCUT2D eigenvalue weighted by molar-refractivity contribution is 7.09. The van der Waals surface area contributed by atoms with Crippen LogP contribution in [-0.4, -0.2) is 18.5 Å². The number of hydrogen-bond donors (Lipinski definition) is 2. The summed E-state index contributed by atoms with van der Waals surface area (Å²) in [5.41, 5.74) is 5.18. The Hall–Kier alpha value is -0.870. The quantitative estimate of drug-likeness (QED) is 0.770. The number of rotatable bonds is 6. The Kier molecular flexibility index (Phi) is 4.78. The summed E-state index contributed by atoms with van der Waals surface area (Å²) in [6.45, 7) is 4.61. The minimum absolute atomic E-state index is 0.101. The molecule has 0 aliphatic rings. The van der Waals surface area contributed by atoms with Gasteiger partial charge in [0.2, 0.25) is 5.91 Å². The monoisotopic (exact) mass is 226 g/mol. The molecule has 2 atom stereocenters. The molecule has 15 heavy (non-hydrogen) atoms. The van der Waals surface area contributed by atoms with E-state index in [0.717, 1.165) is 6.42 Å². The first-order chi connectivity index (χ1) is 7.09. The lowest BCUT2D eigenvalue weighted by molar-refractivity contribution is -0.121. The smallest absolute Gasteiger partial charge is 0.221 e. The number of primary amides is 1. The molecule has 0 aromatic carbocycles. The summed E-state index contributed by atoms with van der Waals surface area (Å²) in [6, 6.07) is 4.56. The average Bonchev–Trinajstić information content (AvgIpc) is 2.66. The Bertz CT molecular complexity index is 298. The Morgan fingerprint density at radius 1 is 1.60 bits per heavy atom. The molecule has 0 aliphatic carbocycles. The van der Waals surface area contributed by atoms with Crippen LogP contribution in [0.15, 0.2) is 17.5 Å². The van der Waals surface area contributed by atoms with Gasteiger partial charge < -0.3 is 11.1 Å². The molecule has 0 aliphatic heterocycles. The standard InChI is InChI=1S/C11H18N2OS/c1-8(11(12)14)7-13-9(2)6-10-4-3-5-15-10/h3-5,8-9,13H,6-7H2,1-2H3,(H2,12,14). The maximum atomic E-state index is 10.8. The molecule has 84 valence electrons. The van der Waals surface area contributed by atoms with Gasteiger partial charge in [-0.1, -0.05) is 13.0 Å². The van der Waals surface area contributed by atoms with Crippen molar-refractivity contribution >= 4 is 17.2 Å². The van der Waals surface area contributed by atoms with Gasteiger partial charge in [-0.15, -0.1) is 11.3 Å². The van der Waals surface area contributed by atoms with Crippen LogP contribution in [0.1, 0.15) is 18.7 Å². The van der Waals surface area contributed by atoms with E-state index >= 15 is 0 Å². The van der Waals surface area contributed by atoms with Gasteiger partial charge >= 0.3 is 0 Å². The normalized spacial score (nSPS) is 14.8. The van der Waals surface area contributed by atoms with Crippen LogP contribution in [-0.2, 0) is 11.2 Å². The summed E-state index contributed by atoms with van der Waals surface area (Å²) < 4.78 is 0. The molecule has 0 fully saturated rings. The molecule has 3 nitrogen and oxygen atoms in total. The van der Waals surface area contributed by atoms with Crippen LogP contribution in [0.2, 0.25) is 0 Å². The van der Waals surface area contributed by atoms with Gasteiger partial charge in [-0.25, -0.2) is 0 Å². The first-order valence-electron chi connectivity index (χ1n) is 5.14. The van der Waals surface area contributed by atoms with Crippen LogP contribution >= 0.6 is 11.3 Å². The van der Waals surface area contributed by atoms with E-state index in [1.165, 1.54) is 4.88 Å². The zero-order valence-electron chi connectivity index (χ0n) is 9.19. The van der Waals surface area contributed by atoms with E-state index in [4.69, 9.17) is 5.73 Å². The summed E-state index contributed by atoms with van der Waals surface area (Å²) in [4.78, 5) is 12.2. The fourth-order valence-corrected chi connectivity index (χ4v) is 2.12. The molecule has 1 rings (SSSR count). The summed E-state index contributed by atoms with van der Waals surface area (Å²) in [7, 11) is 0. The molecule has 1 aromatic rings.